The summed E-state index contributed by atoms with van der Waals surface area (Å²) >= 11 is 1.76. The molecule has 1 amide bonds. The van der Waals surface area contributed by atoms with E-state index < -0.39 is 0 Å². The van der Waals surface area contributed by atoms with Crippen molar-refractivity contribution in [2.45, 2.75) is 24.8 Å². The summed E-state index contributed by atoms with van der Waals surface area (Å²) in [7, 11) is 1.37. The molecule has 1 aliphatic carbocycles. The normalized spacial score (nSPS) is 26.7. The van der Waals surface area contributed by atoms with Gasteiger partial charge >= 0.3 is 5.97 Å². The maximum absolute atomic E-state index is 13.0. The van der Waals surface area contributed by atoms with Crippen LogP contribution in [0.5, 0.6) is 0 Å². The van der Waals surface area contributed by atoms with Crippen molar-refractivity contribution in [2.24, 2.45) is 5.92 Å². The van der Waals surface area contributed by atoms with E-state index in [1.54, 1.807) is 23.9 Å². The summed E-state index contributed by atoms with van der Waals surface area (Å²) in [5.41, 5.74) is 1.01. The molecule has 0 aromatic heterocycles. The number of amides is 1. The molecule has 124 valence electrons. The number of methoxy groups -OCH3 is 1. The number of esters is 1. The SMILES string of the molecule is COC(=O)C[C@@H]1CSCCN1C(=O)[C@H]1C[C@H]1c1ccc(F)cc1. The molecule has 1 heterocycles. The van der Waals surface area contributed by atoms with E-state index in [1.165, 1.54) is 19.2 Å². The number of thioether (sulfide) groups is 1. The molecule has 6 heteroatoms. The molecule has 1 aromatic carbocycles. The van der Waals surface area contributed by atoms with Gasteiger partial charge in [0.25, 0.3) is 0 Å². The molecule has 2 aliphatic rings. The van der Waals surface area contributed by atoms with Crippen molar-refractivity contribution in [3.63, 3.8) is 0 Å². The molecule has 0 N–H and O–H groups in total. The van der Waals surface area contributed by atoms with E-state index in [2.05, 4.69) is 0 Å². The Morgan fingerprint density at radius 3 is 2.78 bits per heavy atom. The van der Waals surface area contributed by atoms with Gasteiger partial charge in [-0.2, -0.15) is 11.8 Å². The molecule has 1 saturated heterocycles. The Labute approximate surface area is 139 Å². The Hall–Kier alpha value is -1.56. The first-order valence-corrected chi connectivity index (χ1v) is 8.96. The molecule has 0 radical (unpaired) electrons. The van der Waals surface area contributed by atoms with Crippen molar-refractivity contribution in [1.29, 1.82) is 0 Å². The Bertz CT molecular complexity index is 592. The monoisotopic (exact) mass is 337 g/mol. The van der Waals surface area contributed by atoms with E-state index in [0.29, 0.717) is 6.54 Å². The lowest BCUT2D eigenvalue weighted by atomic mass is 10.1. The van der Waals surface area contributed by atoms with E-state index in [0.717, 1.165) is 23.5 Å². The fraction of sp³-hybridized carbons (Fsp3) is 0.529. The summed E-state index contributed by atoms with van der Waals surface area (Å²) in [4.78, 5) is 26.2. The van der Waals surface area contributed by atoms with Crippen LogP contribution in [0.2, 0.25) is 0 Å². The predicted octanol–water partition coefficient (Wildman–Crippen LogP) is 2.44. The zero-order valence-corrected chi connectivity index (χ0v) is 13.9. The predicted molar refractivity (Wildman–Crippen MR) is 86.7 cm³/mol. The minimum absolute atomic E-state index is 0.0382. The molecule has 2 fully saturated rings. The summed E-state index contributed by atoms with van der Waals surface area (Å²) in [5.74, 6) is 1.39. The lowest BCUT2D eigenvalue weighted by Crippen LogP contribution is -2.48. The average Bonchev–Trinajstić information content (AvgIpc) is 3.36. The number of ether oxygens (including phenoxy) is 1. The molecule has 3 rings (SSSR count). The van der Waals surface area contributed by atoms with Crippen molar-refractivity contribution in [1.82, 2.24) is 4.90 Å². The molecule has 23 heavy (non-hydrogen) atoms. The third kappa shape index (κ3) is 3.68. The highest BCUT2D eigenvalue weighted by Crippen LogP contribution is 2.49. The smallest absolute Gasteiger partial charge is 0.307 e. The van der Waals surface area contributed by atoms with Gasteiger partial charge in [-0.05, 0) is 30.0 Å². The van der Waals surface area contributed by atoms with Crippen LogP contribution in [-0.4, -0.2) is 48.0 Å². The van der Waals surface area contributed by atoms with Crippen LogP contribution in [-0.2, 0) is 14.3 Å². The molecule has 0 bridgehead atoms. The first-order chi connectivity index (χ1) is 11.1. The first-order valence-electron chi connectivity index (χ1n) is 7.80. The van der Waals surface area contributed by atoms with Crippen molar-refractivity contribution in [3.05, 3.63) is 35.6 Å². The lowest BCUT2D eigenvalue weighted by molar-refractivity contribution is -0.143. The number of carbonyl (C=O) groups excluding carboxylic acids is 2. The zero-order valence-electron chi connectivity index (χ0n) is 13.0. The number of halogens is 1. The maximum atomic E-state index is 13.0. The van der Waals surface area contributed by atoms with Crippen LogP contribution < -0.4 is 0 Å². The van der Waals surface area contributed by atoms with Gasteiger partial charge in [-0.15, -0.1) is 0 Å². The van der Waals surface area contributed by atoms with E-state index in [4.69, 9.17) is 4.74 Å². The maximum Gasteiger partial charge on any atom is 0.307 e. The van der Waals surface area contributed by atoms with Crippen molar-refractivity contribution < 1.29 is 18.7 Å². The number of nitrogens with zero attached hydrogens (tertiary/aromatic N) is 1. The van der Waals surface area contributed by atoms with E-state index >= 15 is 0 Å². The second-order valence-corrected chi connectivity index (χ2v) is 7.19. The van der Waals surface area contributed by atoms with Gasteiger partial charge in [0.05, 0.1) is 19.6 Å². The molecule has 1 saturated carbocycles. The molecule has 1 aliphatic heterocycles. The van der Waals surface area contributed by atoms with Crippen LogP contribution in [0.3, 0.4) is 0 Å². The Kier molecular flexibility index (Phi) is 4.90. The fourth-order valence-electron chi connectivity index (χ4n) is 3.15. The second-order valence-electron chi connectivity index (χ2n) is 6.04. The highest BCUT2D eigenvalue weighted by Gasteiger charge is 2.47. The standard InChI is InChI=1S/C17H20FNO3S/c1-22-16(20)8-13-10-23-7-6-19(13)17(21)15-9-14(15)11-2-4-12(18)5-3-11/h2-5,13-15H,6-10H2,1H3/t13-,14+,15+/m1/s1. The number of carbonyl (C=O) groups is 2. The summed E-state index contributed by atoms with van der Waals surface area (Å²) in [6.45, 7) is 0.678. The Morgan fingerprint density at radius 2 is 2.09 bits per heavy atom. The fourth-order valence-corrected chi connectivity index (χ4v) is 4.21. The van der Waals surface area contributed by atoms with Gasteiger partial charge < -0.3 is 9.64 Å². The van der Waals surface area contributed by atoms with Gasteiger partial charge in [0, 0.05) is 24.0 Å². The number of hydrogen-bond donors (Lipinski definition) is 0. The first kappa shape index (κ1) is 16.3. The van der Waals surface area contributed by atoms with Crippen LogP contribution in [0.1, 0.15) is 24.3 Å². The molecule has 3 atom stereocenters. The second kappa shape index (κ2) is 6.91. The Balaban J connectivity index is 1.64. The summed E-state index contributed by atoms with van der Waals surface area (Å²) in [6.07, 6.45) is 1.06. The van der Waals surface area contributed by atoms with Crippen LogP contribution in [0.15, 0.2) is 24.3 Å². The van der Waals surface area contributed by atoms with Crippen molar-refractivity contribution >= 4 is 23.6 Å². The molecular weight excluding hydrogens is 317 g/mol. The lowest BCUT2D eigenvalue weighted by Gasteiger charge is -2.35. The molecule has 0 spiro atoms. The van der Waals surface area contributed by atoms with Crippen LogP contribution in [0.4, 0.5) is 4.39 Å². The summed E-state index contributed by atoms with van der Waals surface area (Å²) in [5, 5.41) is 0. The highest BCUT2D eigenvalue weighted by molar-refractivity contribution is 7.99. The quantitative estimate of drug-likeness (QED) is 0.792. The topological polar surface area (TPSA) is 46.6 Å². The summed E-state index contributed by atoms with van der Waals surface area (Å²) < 4.78 is 17.7. The van der Waals surface area contributed by atoms with Gasteiger partial charge in [0.15, 0.2) is 0 Å². The highest BCUT2D eigenvalue weighted by atomic mass is 32.2. The minimum atomic E-state index is -0.277. The van der Waals surface area contributed by atoms with Crippen molar-refractivity contribution in [2.75, 3.05) is 25.2 Å². The van der Waals surface area contributed by atoms with Gasteiger partial charge in [-0.3, -0.25) is 9.59 Å². The zero-order chi connectivity index (χ0) is 16.4. The third-order valence-electron chi connectivity index (χ3n) is 4.55. The van der Waals surface area contributed by atoms with Gasteiger partial charge in [-0.1, -0.05) is 12.1 Å². The van der Waals surface area contributed by atoms with E-state index in [-0.39, 0.29) is 42.0 Å². The average molecular weight is 337 g/mol. The number of hydrogen-bond acceptors (Lipinski definition) is 4. The largest absolute Gasteiger partial charge is 0.469 e. The van der Waals surface area contributed by atoms with Crippen molar-refractivity contribution in [3.8, 4) is 0 Å². The minimum Gasteiger partial charge on any atom is -0.469 e. The molecule has 4 nitrogen and oxygen atoms in total. The van der Waals surface area contributed by atoms with Crippen LogP contribution >= 0.6 is 11.8 Å². The van der Waals surface area contributed by atoms with Gasteiger partial charge in [0.1, 0.15) is 5.82 Å². The van der Waals surface area contributed by atoms with E-state index in [9.17, 15) is 14.0 Å². The van der Waals surface area contributed by atoms with Gasteiger partial charge in [-0.25, -0.2) is 4.39 Å². The number of rotatable bonds is 4. The third-order valence-corrected chi connectivity index (χ3v) is 5.64. The van der Waals surface area contributed by atoms with Gasteiger partial charge in [0.2, 0.25) is 5.91 Å². The Morgan fingerprint density at radius 1 is 1.35 bits per heavy atom. The molecule has 1 aromatic rings. The van der Waals surface area contributed by atoms with Crippen LogP contribution in [0, 0.1) is 11.7 Å². The van der Waals surface area contributed by atoms with Crippen LogP contribution in [0.25, 0.3) is 0 Å². The van der Waals surface area contributed by atoms with E-state index in [1.807, 2.05) is 4.90 Å². The molecule has 0 unspecified atom stereocenters. The molecular formula is C17H20FNO3S. The number of benzene rings is 1. The summed E-state index contributed by atoms with van der Waals surface area (Å²) in [6, 6.07) is 6.30.